The Kier molecular flexibility index (Phi) is 3.68. The Morgan fingerprint density at radius 2 is 1.95 bits per heavy atom. The number of aryl methyl sites for hydroxylation is 1. The molecule has 0 amide bonds. The average molecular weight is 302 g/mol. The van der Waals surface area contributed by atoms with Crippen LogP contribution < -0.4 is 4.74 Å². The van der Waals surface area contributed by atoms with Crippen molar-refractivity contribution in [1.82, 2.24) is 5.16 Å². The van der Waals surface area contributed by atoms with E-state index in [9.17, 15) is 4.79 Å². The van der Waals surface area contributed by atoms with E-state index in [1.54, 1.807) is 0 Å². The summed E-state index contributed by atoms with van der Waals surface area (Å²) in [6.45, 7) is 1.52. The minimum atomic E-state index is -1.13. The first-order valence-corrected chi connectivity index (χ1v) is 5.94. The maximum Gasteiger partial charge on any atom is 0.341 e. The Morgan fingerprint density at radius 1 is 1.37 bits per heavy atom. The van der Waals surface area contributed by atoms with E-state index >= 15 is 0 Å². The zero-order chi connectivity index (χ0) is 14.2. The van der Waals surface area contributed by atoms with Gasteiger partial charge in [0, 0.05) is 5.56 Å². The summed E-state index contributed by atoms with van der Waals surface area (Å²) in [5, 5.41) is 13.4. The third-order valence-electron chi connectivity index (χ3n) is 2.55. The van der Waals surface area contributed by atoms with Gasteiger partial charge in [0.15, 0.2) is 5.75 Å². The molecule has 2 rings (SSSR count). The van der Waals surface area contributed by atoms with Crippen molar-refractivity contribution in [3.8, 4) is 17.0 Å². The van der Waals surface area contributed by atoms with Crippen molar-refractivity contribution in [2.75, 3.05) is 7.11 Å². The van der Waals surface area contributed by atoms with Crippen molar-refractivity contribution >= 4 is 29.2 Å². The number of halogens is 2. The third-order valence-corrected chi connectivity index (χ3v) is 3.11. The highest BCUT2D eigenvalue weighted by Gasteiger charge is 2.22. The number of hydrogen-bond acceptors (Lipinski definition) is 4. The van der Waals surface area contributed by atoms with Crippen LogP contribution in [-0.2, 0) is 0 Å². The molecule has 0 aliphatic carbocycles. The van der Waals surface area contributed by atoms with Crippen molar-refractivity contribution < 1.29 is 19.2 Å². The fraction of sp³-hybridized carbons (Fsp3) is 0.167. The Morgan fingerprint density at radius 3 is 2.42 bits per heavy atom. The van der Waals surface area contributed by atoms with Crippen molar-refractivity contribution in [3.05, 3.63) is 33.5 Å². The second-order valence-corrected chi connectivity index (χ2v) is 4.56. The Bertz CT molecular complexity index is 628. The van der Waals surface area contributed by atoms with Gasteiger partial charge < -0.3 is 14.4 Å². The molecule has 0 atom stereocenters. The number of rotatable bonds is 3. The van der Waals surface area contributed by atoms with Gasteiger partial charge in [-0.1, -0.05) is 28.4 Å². The van der Waals surface area contributed by atoms with Crippen LogP contribution >= 0.6 is 23.2 Å². The van der Waals surface area contributed by atoms with Gasteiger partial charge in [0.25, 0.3) is 0 Å². The molecule has 0 unspecified atom stereocenters. The van der Waals surface area contributed by atoms with E-state index < -0.39 is 5.97 Å². The number of ether oxygens (including phenoxy) is 1. The van der Waals surface area contributed by atoms with Gasteiger partial charge in [-0.15, -0.1) is 0 Å². The number of methoxy groups -OCH3 is 1. The molecule has 7 heteroatoms. The number of benzene rings is 1. The first kappa shape index (κ1) is 13.7. The lowest BCUT2D eigenvalue weighted by Crippen LogP contribution is -1.99. The lowest BCUT2D eigenvalue weighted by atomic mass is 10.1. The van der Waals surface area contributed by atoms with Crippen molar-refractivity contribution in [3.63, 3.8) is 0 Å². The van der Waals surface area contributed by atoms with Crippen LogP contribution in [0.4, 0.5) is 0 Å². The molecule has 2 aromatic rings. The zero-order valence-electron chi connectivity index (χ0n) is 10.0. The quantitative estimate of drug-likeness (QED) is 0.936. The molecule has 0 aliphatic heterocycles. The third kappa shape index (κ3) is 2.39. The lowest BCUT2D eigenvalue weighted by Gasteiger charge is -2.07. The molecule has 1 heterocycles. The summed E-state index contributed by atoms with van der Waals surface area (Å²) < 4.78 is 9.92. The summed E-state index contributed by atoms with van der Waals surface area (Å²) in [7, 11) is 1.44. The summed E-state index contributed by atoms with van der Waals surface area (Å²) >= 11 is 12.0. The summed E-state index contributed by atoms with van der Waals surface area (Å²) in [5.74, 6) is -0.591. The van der Waals surface area contributed by atoms with Gasteiger partial charge in [-0.3, -0.25) is 0 Å². The minimum absolute atomic E-state index is 0.0164. The SMILES string of the molecule is COc1c(Cl)cc(-c2noc(C)c2C(=O)O)cc1Cl. The average Bonchev–Trinajstić information content (AvgIpc) is 2.70. The molecular formula is C12H9Cl2NO4. The fourth-order valence-corrected chi connectivity index (χ4v) is 2.35. The van der Waals surface area contributed by atoms with E-state index in [0.29, 0.717) is 11.3 Å². The van der Waals surface area contributed by atoms with Crippen LogP contribution in [0.15, 0.2) is 16.7 Å². The van der Waals surface area contributed by atoms with Gasteiger partial charge in [-0.25, -0.2) is 4.79 Å². The van der Waals surface area contributed by atoms with E-state index in [4.69, 9.17) is 37.6 Å². The standard InChI is InChI=1S/C12H9Cl2NO4/c1-5-9(12(16)17)10(15-19-5)6-3-7(13)11(18-2)8(14)4-6/h3-4H,1-2H3,(H,16,17). The lowest BCUT2D eigenvalue weighted by molar-refractivity contribution is 0.0696. The number of hydrogen-bond donors (Lipinski definition) is 1. The van der Waals surface area contributed by atoms with E-state index in [1.807, 2.05) is 0 Å². The predicted molar refractivity (Wildman–Crippen MR) is 70.2 cm³/mol. The molecule has 5 nitrogen and oxygen atoms in total. The van der Waals surface area contributed by atoms with E-state index in [-0.39, 0.29) is 27.1 Å². The predicted octanol–water partition coefficient (Wildman–Crippen LogP) is 3.66. The molecular weight excluding hydrogens is 293 g/mol. The number of carboxylic acid groups (broad SMARTS) is 1. The molecule has 0 spiro atoms. The smallest absolute Gasteiger partial charge is 0.341 e. The monoisotopic (exact) mass is 301 g/mol. The molecule has 19 heavy (non-hydrogen) atoms. The highest BCUT2D eigenvalue weighted by atomic mass is 35.5. The topological polar surface area (TPSA) is 72.6 Å². The fourth-order valence-electron chi connectivity index (χ4n) is 1.71. The van der Waals surface area contributed by atoms with Crippen LogP contribution in [0.5, 0.6) is 5.75 Å². The Balaban J connectivity index is 2.64. The van der Waals surface area contributed by atoms with Crippen molar-refractivity contribution in [2.24, 2.45) is 0 Å². The van der Waals surface area contributed by atoms with E-state index in [1.165, 1.54) is 26.2 Å². The van der Waals surface area contributed by atoms with Gasteiger partial charge in [0.05, 0.1) is 17.2 Å². The molecule has 0 radical (unpaired) electrons. The van der Waals surface area contributed by atoms with Crippen LogP contribution in [0.1, 0.15) is 16.1 Å². The molecule has 0 aliphatic rings. The van der Waals surface area contributed by atoms with Gasteiger partial charge in [-0.2, -0.15) is 0 Å². The molecule has 1 aromatic heterocycles. The maximum absolute atomic E-state index is 11.2. The normalized spacial score (nSPS) is 10.5. The number of carboxylic acids is 1. The summed E-state index contributed by atoms with van der Waals surface area (Å²) in [4.78, 5) is 11.2. The maximum atomic E-state index is 11.2. The van der Waals surface area contributed by atoms with Gasteiger partial charge in [0.2, 0.25) is 0 Å². The summed E-state index contributed by atoms with van der Waals surface area (Å²) in [5.41, 5.74) is 0.610. The van der Waals surface area contributed by atoms with E-state index in [0.717, 1.165) is 0 Å². The zero-order valence-corrected chi connectivity index (χ0v) is 11.5. The first-order chi connectivity index (χ1) is 8.95. The van der Waals surface area contributed by atoms with Crippen LogP contribution in [0.25, 0.3) is 11.3 Å². The largest absolute Gasteiger partial charge is 0.494 e. The number of aromatic carboxylic acids is 1. The summed E-state index contributed by atoms with van der Waals surface area (Å²) in [6.07, 6.45) is 0. The van der Waals surface area contributed by atoms with Crippen LogP contribution in [0.3, 0.4) is 0 Å². The van der Waals surface area contributed by atoms with E-state index in [2.05, 4.69) is 5.16 Å². The second-order valence-electron chi connectivity index (χ2n) is 3.74. The van der Waals surface area contributed by atoms with Gasteiger partial charge in [0.1, 0.15) is 17.0 Å². The van der Waals surface area contributed by atoms with Crippen molar-refractivity contribution in [2.45, 2.75) is 6.92 Å². The molecule has 0 saturated heterocycles. The highest BCUT2D eigenvalue weighted by Crippen LogP contribution is 2.38. The summed E-state index contributed by atoms with van der Waals surface area (Å²) in [6, 6.07) is 3.05. The van der Waals surface area contributed by atoms with Crippen molar-refractivity contribution in [1.29, 1.82) is 0 Å². The van der Waals surface area contributed by atoms with Gasteiger partial charge in [-0.05, 0) is 19.1 Å². The Hall–Kier alpha value is -1.72. The van der Waals surface area contributed by atoms with Crippen LogP contribution in [0, 0.1) is 6.92 Å². The second kappa shape index (κ2) is 5.11. The van der Waals surface area contributed by atoms with Gasteiger partial charge >= 0.3 is 5.97 Å². The Labute approximate surface area is 118 Å². The van der Waals surface area contributed by atoms with Crippen LogP contribution in [-0.4, -0.2) is 23.3 Å². The molecule has 0 saturated carbocycles. The molecule has 0 bridgehead atoms. The number of nitrogens with zero attached hydrogens (tertiary/aromatic N) is 1. The molecule has 100 valence electrons. The number of aromatic nitrogens is 1. The highest BCUT2D eigenvalue weighted by molar-refractivity contribution is 6.37. The number of carbonyl (C=O) groups is 1. The molecule has 1 N–H and O–H groups in total. The first-order valence-electron chi connectivity index (χ1n) is 5.18. The molecule has 0 fully saturated rings. The van der Waals surface area contributed by atoms with Crippen LogP contribution in [0.2, 0.25) is 10.0 Å². The molecule has 1 aromatic carbocycles. The minimum Gasteiger partial charge on any atom is -0.494 e.